The zero-order valence-electron chi connectivity index (χ0n) is 31.9. The minimum absolute atomic E-state index is 0.0541. The number of amides is 3. The molecule has 2 aliphatic rings. The molecule has 17 heteroatoms. The number of hydrazine groups is 1. The van der Waals surface area contributed by atoms with Crippen molar-refractivity contribution in [3.63, 3.8) is 0 Å². The number of rotatable bonds is 14. The number of benzene rings is 2. The number of hydrogen-bond donors (Lipinski definition) is 5. The van der Waals surface area contributed by atoms with Crippen LogP contribution >= 0.6 is 11.6 Å². The molecule has 2 aromatic rings. The first kappa shape index (κ1) is 42.3. The van der Waals surface area contributed by atoms with E-state index >= 15 is 0 Å². The van der Waals surface area contributed by atoms with E-state index in [1.165, 1.54) is 12.1 Å². The lowest BCUT2D eigenvalue weighted by atomic mass is 9.84. The van der Waals surface area contributed by atoms with E-state index in [9.17, 15) is 27.6 Å². The van der Waals surface area contributed by atoms with E-state index in [1.54, 1.807) is 52.6 Å². The van der Waals surface area contributed by atoms with Gasteiger partial charge in [-0.3, -0.25) is 24.8 Å². The number of alkyl halides is 1. The molecule has 296 valence electrons. The number of ether oxygens (including phenoxy) is 2. The third kappa shape index (κ3) is 10.0. The molecule has 2 heterocycles. The Morgan fingerprint density at radius 2 is 1.78 bits per heavy atom. The van der Waals surface area contributed by atoms with E-state index in [0.717, 1.165) is 5.56 Å². The Morgan fingerprint density at radius 1 is 1.09 bits per heavy atom. The smallest absolute Gasteiger partial charge is 0.408 e. The van der Waals surface area contributed by atoms with Gasteiger partial charge in [0.15, 0.2) is 5.78 Å². The van der Waals surface area contributed by atoms with E-state index in [4.69, 9.17) is 26.5 Å². The highest BCUT2D eigenvalue weighted by Crippen LogP contribution is 2.34. The fourth-order valence-electron chi connectivity index (χ4n) is 6.91. The molecule has 0 unspecified atom stereocenters. The number of fused-ring (bicyclic) bond motifs is 1. The van der Waals surface area contributed by atoms with Crippen molar-refractivity contribution in [1.82, 2.24) is 30.7 Å². The maximum Gasteiger partial charge on any atom is 0.408 e. The van der Waals surface area contributed by atoms with Crippen molar-refractivity contribution < 1.29 is 37.1 Å². The number of sulfonamides is 1. The van der Waals surface area contributed by atoms with Crippen molar-refractivity contribution in [1.29, 1.82) is 5.41 Å². The number of guanidine groups is 1. The van der Waals surface area contributed by atoms with Gasteiger partial charge in [-0.25, -0.2) is 22.9 Å². The Kier molecular flexibility index (Phi) is 13.6. The highest BCUT2D eigenvalue weighted by atomic mass is 35.5. The quantitative estimate of drug-likeness (QED) is 0.0820. The summed E-state index contributed by atoms with van der Waals surface area (Å²) in [6.07, 6.45) is 0.409. The van der Waals surface area contributed by atoms with E-state index in [1.807, 2.05) is 30.3 Å². The normalized spacial score (nSPS) is 19.4. The van der Waals surface area contributed by atoms with Crippen molar-refractivity contribution in [2.75, 3.05) is 32.6 Å². The molecule has 4 rings (SSSR count). The Bertz CT molecular complexity index is 1850. The minimum Gasteiger partial charge on any atom is -0.496 e. The van der Waals surface area contributed by atoms with Gasteiger partial charge in [0, 0.05) is 26.1 Å². The molecule has 0 bridgehead atoms. The number of nitrogens with zero attached hydrogens (tertiary/aromatic N) is 2. The van der Waals surface area contributed by atoms with Gasteiger partial charge in [0.2, 0.25) is 11.9 Å². The minimum atomic E-state index is -4.11. The number of carbonyl (C=O) groups excluding carboxylic acids is 4. The third-order valence-corrected chi connectivity index (χ3v) is 11.5. The van der Waals surface area contributed by atoms with Crippen molar-refractivity contribution in [2.45, 2.75) is 102 Å². The summed E-state index contributed by atoms with van der Waals surface area (Å²) in [6, 6.07) is 8.95. The number of ketones is 1. The van der Waals surface area contributed by atoms with Crippen molar-refractivity contribution in [2.24, 2.45) is 0 Å². The van der Waals surface area contributed by atoms with Gasteiger partial charge < -0.3 is 25.4 Å². The van der Waals surface area contributed by atoms with Gasteiger partial charge in [-0.2, -0.15) is 0 Å². The molecule has 3 atom stereocenters. The van der Waals surface area contributed by atoms with Crippen LogP contribution in [0, 0.1) is 26.2 Å². The SMILES string of the molecule is COc1cc(C)c(S(=O)(=O)NC(=N)NCCC[C@H](NC(=O)[C@@H]2CCN3CC[C@](Cc4ccccc4)(NC(=O)OC(C)(C)C)C(=O)N23)C(=O)CCl)c(C)c1C. The van der Waals surface area contributed by atoms with Gasteiger partial charge in [0.1, 0.15) is 22.9 Å². The molecule has 15 nitrogen and oxygen atoms in total. The largest absolute Gasteiger partial charge is 0.496 e. The van der Waals surface area contributed by atoms with Crippen LogP contribution in [0.15, 0.2) is 41.3 Å². The molecule has 2 fully saturated rings. The first-order valence-corrected chi connectivity index (χ1v) is 19.9. The topological polar surface area (TPSA) is 199 Å². The standard InChI is InChI=1S/C37H52ClN7O8S/c1-23-20-30(52-7)24(2)25(3)31(23)54(50,51)43-34(39)40-17-11-14-27(29(46)22-38)41-32(47)28-15-18-44-19-16-37(33(48)45(28)44,21-26-12-9-8-10-13-26)42-35(49)53-36(4,5)6/h8-10,12-13,20,27-28H,11,14-19,21-22H2,1-7H3,(H,41,47)(H,42,49)(H3,39,40,43)/t27-,28-,37+/m0/s1. The molecule has 0 spiro atoms. The summed E-state index contributed by atoms with van der Waals surface area (Å²) in [6.45, 7) is 11.2. The van der Waals surface area contributed by atoms with Crippen LogP contribution in [0.25, 0.3) is 0 Å². The number of halogens is 1. The van der Waals surface area contributed by atoms with Gasteiger partial charge in [0.25, 0.3) is 15.9 Å². The molecule has 0 aromatic heterocycles. The summed E-state index contributed by atoms with van der Waals surface area (Å²) in [5.41, 5.74) is 0.253. The summed E-state index contributed by atoms with van der Waals surface area (Å²) >= 11 is 5.92. The van der Waals surface area contributed by atoms with Crippen LogP contribution in [0.1, 0.15) is 68.7 Å². The van der Waals surface area contributed by atoms with Gasteiger partial charge >= 0.3 is 6.09 Å². The molecule has 5 N–H and O–H groups in total. The van der Waals surface area contributed by atoms with Gasteiger partial charge in [-0.1, -0.05) is 30.3 Å². The Morgan fingerprint density at radius 3 is 2.41 bits per heavy atom. The maximum atomic E-state index is 14.4. The lowest BCUT2D eigenvalue weighted by Gasteiger charge is -2.46. The lowest BCUT2D eigenvalue weighted by Crippen LogP contribution is -2.70. The molecular formula is C37H52ClN7O8S. The molecule has 54 heavy (non-hydrogen) atoms. The summed E-state index contributed by atoms with van der Waals surface area (Å²) in [5.74, 6) is -1.71. The van der Waals surface area contributed by atoms with E-state index in [0.29, 0.717) is 42.0 Å². The maximum absolute atomic E-state index is 14.4. The number of alkyl carbamates (subject to hydrolysis) is 1. The fraction of sp³-hybridized carbons (Fsp3) is 0.541. The zero-order chi connectivity index (χ0) is 40.0. The van der Waals surface area contributed by atoms with Crippen LogP contribution in [0.2, 0.25) is 0 Å². The van der Waals surface area contributed by atoms with Crippen molar-refractivity contribution >= 4 is 51.3 Å². The molecule has 0 saturated carbocycles. The van der Waals surface area contributed by atoms with Crippen LogP contribution in [-0.2, 0) is 35.6 Å². The monoisotopic (exact) mass is 789 g/mol. The van der Waals surface area contributed by atoms with Crippen molar-refractivity contribution in [3.05, 3.63) is 58.7 Å². The van der Waals surface area contributed by atoms with Gasteiger partial charge in [-0.05, 0) is 95.5 Å². The Labute approximate surface area is 322 Å². The average Bonchev–Trinajstić information content (AvgIpc) is 3.53. The van der Waals surface area contributed by atoms with Crippen LogP contribution in [-0.4, -0.2) is 104 Å². The second-order valence-corrected chi connectivity index (χ2v) is 16.6. The van der Waals surface area contributed by atoms with E-state index in [-0.39, 0.29) is 43.0 Å². The molecule has 2 saturated heterocycles. The fourth-order valence-corrected chi connectivity index (χ4v) is 8.57. The first-order chi connectivity index (χ1) is 25.3. The van der Waals surface area contributed by atoms with E-state index in [2.05, 4.69) is 20.7 Å². The predicted molar refractivity (Wildman–Crippen MR) is 204 cm³/mol. The number of nitrogens with one attached hydrogen (secondary N) is 5. The highest BCUT2D eigenvalue weighted by molar-refractivity contribution is 7.90. The number of hydrogen-bond acceptors (Lipinski definition) is 10. The van der Waals surface area contributed by atoms with Crippen LogP contribution in [0.5, 0.6) is 5.75 Å². The lowest BCUT2D eigenvalue weighted by molar-refractivity contribution is -0.167. The second-order valence-electron chi connectivity index (χ2n) is 14.7. The number of aryl methyl sites for hydroxylation is 1. The molecule has 2 aliphatic heterocycles. The molecule has 3 amide bonds. The van der Waals surface area contributed by atoms with Crippen molar-refractivity contribution in [3.8, 4) is 5.75 Å². The van der Waals surface area contributed by atoms with E-state index < -0.39 is 62.9 Å². The van der Waals surface area contributed by atoms with Crippen LogP contribution in [0.3, 0.4) is 0 Å². The summed E-state index contributed by atoms with van der Waals surface area (Å²) < 4.78 is 39.6. The zero-order valence-corrected chi connectivity index (χ0v) is 33.5. The molecular weight excluding hydrogens is 738 g/mol. The van der Waals surface area contributed by atoms with Crippen LogP contribution in [0.4, 0.5) is 4.79 Å². The number of Topliss-reactive ketones (excluding diaryl/α,β-unsaturated/α-hetero) is 1. The van der Waals surface area contributed by atoms with Gasteiger partial charge in [0.05, 0.1) is 23.9 Å². The molecule has 2 aromatic carbocycles. The predicted octanol–water partition coefficient (Wildman–Crippen LogP) is 3.22. The van der Waals surface area contributed by atoms with Crippen LogP contribution < -0.4 is 25.4 Å². The number of methoxy groups -OCH3 is 1. The number of carbonyl (C=O) groups is 4. The summed E-state index contributed by atoms with van der Waals surface area (Å²) in [7, 11) is -2.60. The highest BCUT2D eigenvalue weighted by Gasteiger charge is 2.54. The average molecular weight is 790 g/mol. The van der Waals surface area contributed by atoms with Gasteiger partial charge in [-0.15, -0.1) is 11.6 Å². The second kappa shape index (κ2) is 17.4. The summed E-state index contributed by atoms with van der Waals surface area (Å²) in [5, 5.41) is 19.8. The third-order valence-electron chi connectivity index (χ3n) is 9.58. The molecule has 0 aliphatic carbocycles. The first-order valence-electron chi connectivity index (χ1n) is 17.8. The Balaban J connectivity index is 1.42. The Hall–Kier alpha value is -4.41. The summed E-state index contributed by atoms with van der Waals surface area (Å²) in [4.78, 5) is 54.3. The molecule has 0 radical (unpaired) electrons.